The highest BCUT2D eigenvalue weighted by Gasteiger charge is 2.72. The van der Waals surface area contributed by atoms with Crippen molar-refractivity contribution in [2.45, 2.75) is 70.1 Å². The number of halogens is 6. The van der Waals surface area contributed by atoms with Gasteiger partial charge in [-0.25, -0.2) is 9.97 Å². The Balaban J connectivity index is 1.56. The zero-order valence-electron chi connectivity index (χ0n) is 25.4. The van der Waals surface area contributed by atoms with E-state index in [1.165, 1.54) is 0 Å². The molecule has 0 bridgehead atoms. The van der Waals surface area contributed by atoms with E-state index >= 15 is 26.3 Å². The number of hydrogen-bond donors (Lipinski definition) is 0. The summed E-state index contributed by atoms with van der Waals surface area (Å²) in [4.78, 5) is 8.63. The predicted octanol–water partition coefficient (Wildman–Crippen LogP) is 10.8. The van der Waals surface area contributed by atoms with Gasteiger partial charge in [-0.2, -0.15) is 26.3 Å². The van der Waals surface area contributed by atoms with Crippen LogP contribution in [0.25, 0.3) is 44.4 Å². The lowest BCUT2D eigenvalue weighted by Crippen LogP contribution is -2.54. The highest BCUT2D eigenvalue weighted by atomic mass is 19.4. The lowest BCUT2D eigenvalue weighted by molar-refractivity contribution is -0.288. The third-order valence-corrected chi connectivity index (χ3v) is 8.10. The molecule has 0 aliphatic heterocycles. The van der Waals surface area contributed by atoms with E-state index in [0.29, 0.717) is 5.56 Å². The van der Waals surface area contributed by atoms with Crippen molar-refractivity contribution in [3.63, 3.8) is 0 Å². The van der Waals surface area contributed by atoms with Gasteiger partial charge in [-0.1, -0.05) is 84.0 Å². The van der Waals surface area contributed by atoms with Crippen LogP contribution in [0.1, 0.15) is 64.1 Å². The van der Waals surface area contributed by atoms with Gasteiger partial charge in [0.1, 0.15) is 11.0 Å². The number of hydrogen-bond acceptors (Lipinski definition) is 4. The first-order chi connectivity index (χ1) is 20.8. The van der Waals surface area contributed by atoms with Crippen molar-refractivity contribution >= 4 is 33.0 Å². The molecule has 0 radical (unpaired) electrons. The van der Waals surface area contributed by atoms with Gasteiger partial charge in [0.25, 0.3) is 0 Å². The summed E-state index contributed by atoms with van der Waals surface area (Å²) in [5.41, 5.74) is -5.72. The first kappa shape index (κ1) is 30.7. The van der Waals surface area contributed by atoms with Crippen LogP contribution < -0.4 is 0 Å². The van der Waals surface area contributed by atoms with E-state index in [4.69, 9.17) is 8.83 Å². The van der Waals surface area contributed by atoms with Gasteiger partial charge in [0.2, 0.25) is 17.2 Å². The van der Waals surface area contributed by atoms with Crippen LogP contribution in [0, 0.1) is 0 Å². The van der Waals surface area contributed by atoms with Crippen molar-refractivity contribution < 1.29 is 35.2 Å². The summed E-state index contributed by atoms with van der Waals surface area (Å²) in [6.45, 7) is 11.6. The maximum absolute atomic E-state index is 15.0. The van der Waals surface area contributed by atoms with E-state index in [0.717, 1.165) is 52.7 Å². The fourth-order valence-electron chi connectivity index (χ4n) is 5.88. The van der Waals surface area contributed by atoms with E-state index in [9.17, 15) is 0 Å². The van der Waals surface area contributed by atoms with Crippen LogP contribution in [0.15, 0.2) is 81.6 Å². The van der Waals surface area contributed by atoms with E-state index in [1.54, 1.807) is 20.8 Å². The third-order valence-electron chi connectivity index (χ3n) is 8.10. The minimum Gasteiger partial charge on any atom is -0.440 e. The van der Waals surface area contributed by atoms with Gasteiger partial charge in [-0.15, -0.1) is 0 Å². The average molecular weight is 625 g/mol. The van der Waals surface area contributed by atoms with Gasteiger partial charge in [0.15, 0.2) is 11.2 Å². The molecule has 0 aliphatic rings. The van der Waals surface area contributed by atoms with Gasteiger partial charge < -0.3 is 8.83 Å². The Labute approximate surface area is 255 Å². The van der Waals surface area contributed by atoms with E-state index < -0.39 is 34.3 Å². The number of fused-ring (bicyclic) bond motifs is 3. The number of aromatic nitrogens is 2. The second-order valence-electron chi connectivity index (χ2n) is 13.4. The molecule has 4 nitrogen and oxygen atoms in total. The molecule has 0 atom stereocenters. The maximum Gasteiger partial charge on any atom is 0.411 e. The SMILES string of the molecule is CC(C)(C)c1nc2cc(C(c3ccc4oc(-c5ccc(C(C)(C)C)c6ccccc56)nc4c3)(C(F)(F)F)C(F)(F)F)ccc2o1. The highest BCUT2D eigenvalue weighted by molar-refractivity contribution is 5.98. The molecule has 10 heteroatoms. The lowest BCUT2D eigenvalue weighted by atomic mass is 9.72. The summed E-state index contributed by atoms with van der Waals surface area (Å²) in [6, 6.07) is 16.7. The van der Waals surface area contributed by atoms with Crippen LogP contribution in [0.4, 0.5) is 26.3 Å². The predicted molar refractivity (Wildman–Crippen MR) is 161 cm³/mol. The maximum atomic E-state index is 15.0. The molecule has 0 saturated carbocycles. The summed E-state index contributed by atoms with van der Waals surface area (Å²) >= 11 is 0. The summed E-state index contributed by atoms with van der Waals surface area (Å²) < 4.78 is 102. The molecule has 2 heterocycles. The van der Waals surface area contributed by atoms with Crippen LogP contribution in [0.2, 0.25) is 0 Å². The highest BCUT2D eigenvalue weighted by Crippen LogP contribution is 2.57. The van der Waals surface area contributed by atoms with Gasteiger partial charge >= 0.3 is 12.4 Å². The van der Waals surface area contributed by atoms with Gasteiger partial charge in [-0.05, 0) is 63.2 Å². The fraction of sp³-hybridized carbons (Fsp3) is 0.314. The van der Waals surface area contributed by atoms with Crippen LogP contribution in [-0.4, -0.2) is 22.3 Å². The molecule has 0 amide bonds. The number of benzene rings is 4. The Bertz CT molecular complexity index is 2060. The molecule has 0 fully saturated rings. The molecule has 0 saturated heterocycles. The van der Waals surface area contributed by atoms with Crippen LogP contribution >= 0.6 is 0 Å². The molecule has 6 aromatic rings. The Hall–Kier alpha value is -4.34. The van der Waals surface area contributed by atoms with Crippen molar-refractivity contribution in [2.75, 3.05) is 0 Å². The van der Waals surface area contributed by atoms with Crippen LogP contribution in [0.3, 0.4) is 0 Å². The first-order valence-electron chi connectivity index (χ1n) is 14.3. The summed E-state index contributed by atoms with van der Waals surface area (Å²) in [5, 5.41) is 1.74. The summed E-state index contributed by atoms with van der Waals surface area (Å²) in [6.07, 6.45) is -11.6. The van der Waals surface area contributed by atoms with E-state index in [2.05, 4.69) is 30.7 Å². The number of oxazole rings is 2. The van der Waals surface area contributed by atoms with Crippen molar-refractivity contribution in [1.29, 1.82) is 0 Å². The monoisotopic (exact) mass is 624 g/mol. The second-order valence-corrected chi connectivity index (χ2v) is 13.4. The first-order valence-corrected chi connectivity index (χ1v) is 14.3. The van der Waals surface area contributed by atoms with Gasteiger partial charge in [0.05, 0.1) is 0 Å². The molecule has 4 aromatic carbocycles. The topological polar surface area (TPSA) is 52.1 Å². The molecule has 45 heavy (non-hydrogen) atoms. The normalized spacial score (nSPS) is 13.8. The molecular formula is C35H30F6N2O2. The minimum absolute atomic E-state index is 0.0535. The standard InChI is InChI=1S/C35H30F6N2O2/c1-31(2,3)24-14-13-23(21-9-7-8-10-22(21)24)29-42-25-17-19(11-15-27(25)44-29)33(34(36,37)38,35(39,40)41)20-12-16-28-26(18-20)43-30(45-28)32(4,5)6/h7-18H,1-6H3. The zero-order valence-corrected chi connectivity index (χ0v) is 25.4. The van der Waals surface area contributed by atoms with Gasteiger partial charge in [0, 0.05) is 11.0 Å². The van der Waals surface area contributed by atoms with Crippen molar-refractivity contribution in [1.82, 2.24) is 9.97 Å². The Kier molecular flexibility index (Phi) is 6.70. The molecule has 0 unspecified atom stereocenters. The number of nitrogens with zero attached hydrogens (tertiary/aromatic N) is 2. The second kappa shape index (κ2) is 9.83. The van der Waals surface area contributed by atoms with Crippen LogP contribution in [-0.2, 0) is 16.2 Å². The number of rotatable bonds is 3. The molecule has 0 spiro atoms. The van der Waals surface area contributed by atoms with E-state index in [-0.39, 0.29) is 39.4 Å². The number of alkyl halides is 6. The molecule has 234 valence electrons. The minimum atomic E-state index is -5.78. The van der Waals surface area contributed by atoms with Gasteiger partial charge in [-0.3, -0.25) is 0 Å². The van der Waals surface area contributed by atoms with E-state index in [1.807, 2.05) is 36.4 Å². The smallest absolute Gasteiger partial charge is 0.411 e. The summed E-state index contributed by atoms with van der Waals surface area (Å²) in [5.74, 6) is 0.279. The third kappa shape index (κ3) is 4.85. The Morgan fingerprint density at radius 1 is 0.556 bits per heavy atom. The molecular weight excluding hydrogens is 594 g/mol. The van der Waals surface area contributed by atoms with Crippen molar-refractivity contribution in [3.8, 4) is 11.5 Å². The fourth-order valence-corrected chi connectivity index (χ4v) is 5.88. The van der Waals surface area contributed by atoms with Crippen LogP contribution in [0.5, 0.6) is 0 Å². The average Bonchev–Trinajstić information content (AvgIpc) is 3.54. The van der Waals surface area contributed by atoms with Crippen molar-refractivity contribution in [3.05, 3.63) is 95.4 Å². The quantitative estimate of drug-likeness (QED) is 0.184. The Morgan fingerprint density at radius 2 is 1.09 bits per heavy atom. The lowest BCUT2D eigenvalue weighted by Gasteiger charge is -2.38. The largest absolute Gasteiger partial charge is 0.440 e. The molecule has 0 N–H and O–H groups in total. The molecule has 6 rings (SSSR count). The molecule has 0 aliphatic carbocycles. The van der Waals surface area contributed by atoms with Crippen molar-refractivity contribution in [2.24, 2.45) is 0 Å². The Morgan fingerprint density at radius 3 is 1.62 bits per heavy atom. The molecule has 2 aromatic heterocycles. The summed E-state index contributed by atoms with van der Waals surface area (Å²) in [7, 11) is 0. The zero-order chi connectivity index (χ0) is 32.7.